The Morgan fingerprint density at radius 3 is 2.44 bits per heavy atom. The zero-order valence-electron chi connectivity index (χ0n) is 14.9. The molecule has 1 saturated heterocycles. The standard InChI is InChI=1S/C20H26N4O/c1-15(2)20(16-6-4-3-5-7-16)22-19-14-17(8-9-18(19)23-25)24-12-10-21-11-13-24/h3-9,14-15,20-22H,10-13H2,1-2H3. The van der Waals surface area contributed by atoms with Crippen molar-refractivity contribution in [3.63, 3.8) is 0 Å². The van der Waals surface area contributed by atoms with E-state index in [4.69, 9.17) is 0 Å². The van der Waals surface area contributed by atoms with Gasteiger partial charge in [0, 0.05) is 31.9 Å². The van der Waals surface area contributed by atoms with Crippen LogP contribution in [0.4, 0.5) is 17.1 Å². The quantitative estimate of drug-likeness (QED) is 0.771. The average Bonchev–Trinajstić information content (AvgIpc) is 2.67. The highest BCUT2D eigenvalue weighted by Crippen LogP contribution is 2.35. The van der Waals surface area contributed by atoms with Gasteiger partial charge in [-0.1, -0.05) is 44.2 Å². The molecular formula is C20H26N4O. The molecule has 1 aliphatic rings. The topological polar surface area (TPSA) is 56.7 Å². The van der Waals surface area contributed by atoms with Gasteiger partial charge in [-0.2, -0.15) is 0 Å². The summed E-state index contributed by atoms with van der Waals surface area (Å²) in [5, 5.41) is 10.1. The Labute approximate surface area is 149 Å². The zero-order chi connectivity index (χ0) is 17.6. The van der Waals surface area contributed by atoms with Crippen LogP contribution >= 0.6 is 0 Å². The van der Waals surface area contributed by atoms with Crippen molar-refractivity contribution in [3.05, 3.63) is 59.0 Å². The maximum atomic E-state index is 11.3. The lowest BCUT2D eigenvalue weighted by Gasteiger charge is -2.30. The molecule has 3 rings (SSSR count). The van der Waals surface area contributed by atoms with E-state index in [0.29, 0.717) is 11.6 Å². The summed E-state index contributed by atoms with van der Waals surface area (Å²) in [6, 6.07) is 16.3. The molecule has 0 saturated carbocycles. The van der Waals surface area contributed by atoms with Gasteiger partial charge in [0.1, 0.15) is 5.69 Å². The summed E-state index contributed by atoms with van der Waals surface area (Å²) < 4.78 is 0. The fraction of sp³-hybridized carbons (Fsp3) is 0.400. The van der Waals surface area contributed by atoms with E-state index in [2.05, 4.69) is 52.8 Å². The molecule has 132 valence electrons. The smallest absolute Gasteiger partial charge is 0.131 e. The number of nitrogens with zero attached hydrogens (tertiary/aromatic N) is 2. The largest absolute Gasteiger partial charge is 0.376 e. The van der Waals surface area contributed by atoms with E-state index in [9.17, 15) is 4.91 Å². The first-order chi connectivity index (χ1) is 12.2. The van der Waals surface area contributed by atoms with Gasteiger partial charge in [0.15, 0.2) is 0 Å². The molecule has 1 atom stereocenters. The number of piperazine rings is 1. The summed E-state index contributed by atoms with van der Waals surface area (Å²) in [6.45, 7) is 8.26. The van der Waals surface area contributed by atoms with Crippen molar-refractivity contribution in [1.82, 2.24) is 5.32 Å². The van der Waals surface area contributed by atoms with Gasteiger partial charge in [-0.15, -0.1) is 4.91 Å². The van der Waals surface area contributed by atoms with Crippen molar-refractivity contribution in [3.8, 4) is 0 Å². The molecule has 2 N–H and O–H groups in total. The molecule has 0 bridgehead atoms. The Morgan fingerprint density at radius 2 is 1.80 bits per heavy atom. The molecule has 0 aromatic heterocycles. The van der Waals surface area contributed by atoms with Gasteiger partial charge in [-0.05, 0) is 34.9 Å². The highest BCUT2D eigenvalue weighted by atomic mass is 16.3. The molecule has 5 heteroatoms. The minimum atomic E-state index is 0.125. The lowest BCUT2D eigenvalue weighted by atomic mass is 9.95. The molecule has 0 radical (unpaired) electrons. The van der Waals surface area contributed by atoms with Crippen LogP contribution in [0.3, 0.4) is 0 Å². The van der Waals surface area contributed by atoms with Crippen LogP contribution in [0.25, 0.3) is 0 Å². The minimum Gasteiger partial charge on any atom is -0.376 e. The van der Waals surface area contributed by atoms with Gasteiger partial charge in [-0.3, -0.25) is 0 Å². The van der Waals surface area contributed by atoms with Gasteiger partial charge in [0.25, 0.3) is 0 Å². The number of hydrogen-bond acceptors (Lipinski definition) is 5. The Morgan fingerprint density at radius 1 is 1.08 bits per heavy atom. The second-order valence-corrected chi connectivity index (χ2v) is 6.81. The van der Waals surface area contributed by atoms with E-state index in [1.165, 1.54) is 5.56 Å². The number of rotatable bonds is 6. The monoisotopic (exact) mass is 338 g/mol. The van der Waals surface area contributed by atoms with E-state index in [0.717, 1.165) is 37.6 Å². The summed E-state index contributed by atoms with van der Waals surface area (Å²) in [6.07, 6.45) is 0. The number of nitrogens with one attached hydrogen (secondary N) is 2. The van der Waals surface area contributed by atoms with Gasteiger partial charge in [-0.25, -0.2) is 0 Å². The van der Waals surface area contributed by atoms with Crippen molar-refractivity contribution < 1.29 is 0 Å². The summed E-state index contributed by atoms with van der Waals surface area (Å²) in [7, 11) is 0. The lowest BCUT2D eigenvalue weighted by Crippen LogP contribution is -2.43. The van der Waals surface area contributed by atoms with Crippen molar-refractivity contribution >= 4 is 17.1 Å². The Bertz CT molecular complexity index is 696. The van der Waals surface area contributed by atoms with Crippen LogP contribution in [-0.4, -0.2) is 26.2 Å². The Balaban J connectivity index is 1.89. The second kappa shape index (κ2) is 8.12. The van der Waals surface area contributed by atoms with Gasteiger partial charge >= 0.3 is 0 Å². The molecule has 1 heterocycles. The maximum Gasteiger partial charge on any atom is 0.131 e. The highest BCUT2D eigenvalue weighted by Gasteiger charge is 2.19. The second-order valence-electron chi connectivity index (χ2n) is 6.81. The molecule has 1 aliphatic heterocycles. The zero-order valence-corrected chi connectivity index (χ0v) is 14.9. The fourth-order valence-electron chi connectivity index (χ4n) is 3.30. The first-order valence-corrected chi connectivity index (χ1v) is 8.93. The number of nitroso groups, excluding NO2 is 1. The molecule has 2 aromatic carbocycles. The summed E-state index contributed by atoms with van der Waals surface area (Å²) in [5.41, 5.74) is 3.60. The minimum absolute atomic E-state index is 0.125. The van der Waals surface area contributed by atoms with Gasteiger partial charge < -0.3 is 15.5 Å². The van der Waals surface area contributed by atoms with Crippen LogP contribution < -0.4 is 15.5 Å². The van der Waals surface area contributed by atoms with Crippen LogP contribution in [-0.2, 0) is 0 Å². The predicted octanol–water partition coefficient (Wildman–Crippen LogP) is 4.30. The first-order valence-electron chi connectivity index (χ1n) is 8.93. The van der Waals surface area contributed by atoms with Crippen LogP contribution in [0.2, 0.25) is 0 Å². The molecule has 5 nitrogen and oxygen atoms in total. The molecule has 0 aliphatic carbocycles. The molecule has 1 unspecified atom stereocenters. The summed E-state index contributed by atoms with van der Waals surface area (Å²) >= 11 is 0. The third-order valence-corrected chi connectivity index (χ3v) is 4.70. The van der Waals surface area contributed by atoms with E-state index >= 15 is 0 Å². The van der Waals surface area contributed by atoms with Crippen molar-refractivity contribution in [1.29, 1.82) is 0 Å². The third-order valence-electron chi connectivity index (χ3n) is 4.70. The van der Waals surface area contributed by atoms with Crippen LogP contribution in [0.5, 0.6) is 0 Å². The molecule has 0 spiro atoms. The number of anilines is 2. The van der Waals surface area contributed by atoms with Gasteiger partial charge in [0.05, 0.1) is 11.7 Å². The normalized spacial score (nSPS) is 15.9. The van der Waals surface area contributed by atoms with Crippen LogP contribution in [0.15, 0.2) is 53.7 Å². The number of hydrogen-bond donors (Lipinski definition) is 2. The number of benzene rings is 2. The van der Waals surface area contributed by atoms with E-state index < -0.39 is 0 Å². The molecule has 0 amide bonds. The van der Waals surface area contributed by atoms with Crippen LogP contribution in [0, 0.1) is 10.8 Å². The van der Waals surface area contributed by atoms with E-state index in [1.807, 2.05) is 30.3 Å². The van der Waals surface area contributed by atoms with E-state index in [-0.39, 0.29) is 6.04 Å². The molecular weight excluding hydrogens is 312 g/mol. The van der Waals surface area contributed by atoms with Crippen molar-refractivity contribution in [2.75, 3.05) is 36.4 Å². The van der Waals surface area contributed by atoms with Gasteiger partial charge in [0.2, 0.25) is 0 Å². The Hall–Kier alpha value is -2.40. The SMILES string of the molecule is CC(C)C(Nc1cc(N2CCNCC2)ccc1N=O)c1ccccc1. The van der Waals surface area contributed by atoms with Crippen LogP contribution in [0.1, 0.15) is 25.5 Å². The fourth-order valence-corrected chi connectivity index (χ4v) is 3.30. The highest BCUT2D eigenvalue weighted by molar-refractivity contribution is 5.72. The first kappa shape index (κ1) is 17.4. The summed E-state index contributed by atoms with van der Waals surface area (Å²) in [4.78, 5) is 13.6. The third kappa shape index (κ3) is 4.17. The van der Waals surface area contributed by atoms with Crippen molar-refractivity contribution in [2.24, 2.45) is 11.1 Å². The van der Waals surface area contributed by atoms with E-state index in [1.54, 1.807) is 0 Å². The predicted molar refractivity (Wildman–Crippen MR) is 105 cm³/mol. The lowest BCUT2D eigenvalue weighted by molar-refractivity contribution is 0.546. The average molecular weight is 338 g/mol. The molecule has 25 heavy (non-hydrogen) atoms. The van der Waals surface area contributed by atoms with Crippen molar-refractivity contribution in [2.45, 2.75) is 19.9 Å². The molecule has 1 fully saturated rings. The maximum absolute atomic E-state index is 11.3. The Kier molecular flexibility index (Phi) is 5.66. The summed E-state index contributed by atoms with van der Waals surface area (Å²) in [5.74, 6) is 0.379. The molecule has 2 aromatic rings.